The van der Waals surface area contributed by atoms with Crippen molar-refractivity contribution in [2.75, 3.05) is 46.4 Å². The van der Waals surface area contributed by atoms with Crippen molar-refractivity contribution in [2.45, 2.75) is 44.4 Å². The number of fused-ring (bicyclic) bond motifs is 2. The van der Waals surface area contributed by atoms with Crippen molar-refractivity contribution < 1.29 is 19.1 Å². The standard InChI is InChI=1S/C33H41ClN6O4/c1-5-38(4)27(20-35)30(37-28(41)21-43-6-2)26-18-22-8-7-13-36-29(22)31(24-10-9-23(34)19-25(24)26)39-14-16-40(17-15-39)32(42)44-33(3)11-12-33/h5,7-10,13,18-20,30-31H,1,6,11-12,14-17,21,35H2,2-4H3,(H,37,41)/b27-20-/t30-,31+/m1/s1. The van der Waals surface area contributed by atoms with Gasteiger partial charge in [-0.2, -0.15) is 0 Å². The summed E-state index contributed by atoms with van der Waals surface area (Å²) in [4.78, 5) is 36.8. The molecule has 1 saturated carbocycles. The lowest BCUT2D eigenvalue weighted by molar-refractivity contribution is -0.125. The summed E-state index contributed by atoms with van der Waals surface area (Å²) in [6.07, 6.45) is 8.53. The van der Waals surface area contributed by atoms with Crippen LogP contribution in [0.15, 0.2) is 61.2 Å². The Morgan fingerprint density at radius 1 is 1.27 bits per heavy atom. The molecule has 1 saturated heterocycles. The number of halogens is 1. The molecule has 1 aromatic heterocycles. The molecule has 2 heterocycles. The Morgan fingerprint density at radius 2 is 2.02 bits per heavy atom. The van der Waals surface area contributed by atoms with E-state index in [4.69, 9.17) is 31.8 Å². The van der Waals surface area contributed by atoms with Gasteiger partial charge in [-0.15, -0.1) is 0 Å². The number of nitrogens with one attached hydrogen (secondary N) is 1. The largest absolute Gasteiger partial charge is 0.443 e. The highest BCUT2D eigenvalue weighted by atomic mass is 35.5. The molecular weight excluding hydrogens is 580 g/mol. The number of nitrogens with zero attached hydrogens (tertiary/aromatic N) is 4. The molecule has 2 fully saturated rings. The number of nitrogens with two attached hydrogens (primary N) is 1. The molecule has 0 bridgehead atoms. The summed E-state index contributed by atoms with van der Waals surface area (Å²) in [5, 5.41) is 3.70. The zero-order valence-electron chi connectivity index (χ0n) is 25.6. The van der Waals surface area contributed by atoms with Crippen LogP contribution in [-0.4, -0.2) is 89.8 Å². The van der Waals surface area contributed by atoms with Crippen LogP contribution in [0.4, 0.5) is 4.79 Å². The van der Waals surface area contributed by atoms with E-state index in [1.807, 2.05) is 57.3 Å². The number of likely N-dealkylation sites (N-methyl/N-ethyl adjacent to an activating group) is 1. The summed E-state index contributed by atoms with van der Waals surface area (Å²) in [6.45, 7) is 10.4. The van der Waals surface area contributed by atoms with Gasteiger partial charge in [-0.25, -0.2) is 4.79 Å². The molecule has 0 radical (unpaired) electrons. The number of ether oxygens (including phenoxy) is 2. The van der Waals surface area contributed by atoms with E-state index in [1.54, 1.807) is 22.2 Å². The first-order chi connectivity index (χ1) is 21.2. The fourth-order valence-corrected chi connectivity index (χ4v) is 5.92. The highest BCUT2D eigenvalue weighted by Gasteiger charge is 2.43. The van der Waals surface area contributed by atoms with Crippen molar-refractivity contribution in [1.29, 1.82) is 0 Å². The lowest BCUT2D eigenvalue weighted by Gasteiger charge is -2.39. The number of hydrogen-bond acceptors (Lipinski definition) is 8. The number of carbonyl (C=O) groups excluding carboxylic acids is 2. The van der Waals surface area contributed by atoms with Crippen LogP contribution in [0, 0.1) is 0 Å². The van der Waals surface area contributed by atoms with Crippen molar-refractivity contribution in [1.82, 2.24) is 25.0 Å². The van der Waals surface area contributed by atoms with E-state index in [1.165, 1.54) is 6.20 Å². The Labute approximate surface area is 264 Å². The maximum atomic E-state index is 13.1. The fraction of sp³-hybridized carbons (Fsp3) is 0.424. The molecular formula is C33H41ClN6O4. The van der Waals surface area contributed by atoms with Gasteiger partial charge in [-0.3, -0.25) is 14.7 Å². The monoisotopic (exact) mass is 620 g/mol. The number of rotatable bonds is 10. The van der Waals surface area contributed by atoms with Crippen LogP contribution in [0.1, 0.15) is 55.1 Å². The van der Waals surface area contributed by atoms with Gasteiger partial charge in [-0.1, -0.05) is 30.3 Å². The Bertz CT molecular complexity index is 1460. The molecule has 2 amide bonds. The molecule has 234 valence electrons. The second-order valence-corrected chi connectivity index (χ2v) is 12.0. The van der Waals surface area contributed by atoms with Gasteiger partial charge in [0.1, 0.15) is 12.2 Å². The Balaban J connectivity index is 1.56. The zero-order valence-corrected chi connectivity index (χ0v) is 26.3. The summed E-state index contributed by atoms with van der Waals surface area (Å²) >= 11 is 6.65. The van der Waals surface area contributed by atoms with Crippen molar-refractivity contribution >= 4 is 35.3 Å². The average Bonchev–Trinajstić information content (AvgIpc) is 3.78. The van der Waals surface area contributed by atoms with Crippen LogP contribution in [-0.2, 0) is 14.3 Å². The first-order valence-corrected chi connectivity index (χ1v) is 15.4. The topological polar surface area (TPSA) is 113 Å². The third-order valence-corrected chi connectivity index (χ3v) is 8.72. The lowest BCUT2D eigenvalue weighted by atomic mass is 9.89. The summed E-state index contributed by atoms with van der Waals surface area (Å²) < 4.78 is 11.2. The fourth-order valence-electron chi connectivity index (χ4n) is 5.75. The molecule has 0 spiro atoms. The van der Waals surface area contributed by atoms with Crippen LogP contribution >= 0.6 is 11.6 Å². The SMILES string of the molecule is C=CN(C)/C(=C\N)[C@H](NC(=O)COCC)C1=Cc2cccnc2[C@@H](N2CCN(C(=O)OC3(C)CC3)CC2)c2ccc(Cl)cc21. The number of benzene rings is 1. The van der Waals surface area contributed by atoms with Crippen LogP contribution in [0.2, 0.25) is 5.02 Å². The van der Waals surface area contributed by atoms with Gasteiger partial charge in [0.2, 0.25) is 5.91 Å². The zero-order chi connectivity index (χ0) is 31.4. The van der Waals surface area contributed by atoms with E-state index in [-0.39, 0.29) is 30.3 Å². The highest BCUT2D eigenvalue weighted by Crippen LogP contribution is 2.43. The van der Waals surface area contributed by atoms with Gasteiger partial charge >= 0.3 is 6.09 Å². The van der Waals surface area contributed by atoms with Crippen molar-refractivity contribution in [3.8, 4) is 0 Å². The van der Waals surface area contributed by atoms with Crippen LogP contribution in [0.3, 0.4) is 0 Å². The molecule has 3 aliphatic rings. The van der Waals surface area contributed by atoms with Crippen molar-refractivity contribution in [2.24, 2.45) is 5.73 Å². The summed E-state index contributed by atoms with van der Waals surface area (Å²) in [6, 6.07) is 8.86. The van der Waals surface area contributed by atoms with E-state index in [2.05, 4.69) is 16.8 Å². The second-order valence-electron chi connectivity index (χ2n) is 11.6. The average molecular weight is 621 g/mol. The Kier molecular flexibility index (Phi) is 9.62. The van der Waals surface area contributed by atoms with Gasteiger partial charge in [0.15, 0.2) is 0 Å². The molecule has 1 aromatic carbocycles. The highest BCUT2D eigenvalue weighted by molar-refractivity contribution is 6.30. The summed E-state index contributed by atoms with van der Waals surface area (Å²) in [5.41, 5.74) is 10.9. The molecule has 5 rings (SSSR count). The summed E-state index contributed by atoms with van der Waals surface area (Å²) in [7, 11) is 1.83. The number of hydrogen-bond donors (Lipinski definition) is 2. The predicted molar refractivity (Wildman–Crippen MR) is 171 cm³/mol. The molecule has 44 heavy (non-hydrogen) atoms. The van der Waals surface area contributed by atoms with Gasteiger partial charge in [-0.05, 0) is 79.4 Å². The van der Waals surface area contributed by atoms with Crippen LogP contribution in [0.25, 0.3) is 11.6 Å². The third kappa shape index (κ3) is 6.77. The van der Waals surface area contributed by atoms with Crippen molar-refractivity contribution in [3.05, 3.63) is 88.6 Å². The summed E-state index contributed by atoms with van der Waals surface area (Å²) in [5.74, 6) is -0.284. The second kappa shape index (κ2) is 13.4. The first-order valence-electron chi connectivity index (χ1n) is 15.0. The normalized spacial score (nSPS) is 19.9. The number of carbonyl (C=O) groups is 2. The number of pyridine rings is 1. The Morgan fingerprint density at radius 3 is 2.68 bits per heavy atom. The van der Waals surface area contributed by atoms with E-state index in [0.717, 1.165) is 40.8 Å². The minimum atomic E-state index is -0.657. The molecule has 1 aliphatic heterocycles. The quantitative estimate of drug-likeness (QED) is 0.402. The minimum absolute atomic E-state index is 0.0923. The van der Waals surface area contributed by atoms with Gasteiger partial charge in [0.25, 0.3) is 0 Å². The number of amides is 2. The molecule has 2 atom stereocenters. The van der Waals surface area contributed by atoms with E-state index >= 15 is 0 Å². The maximum absolute atomic E-state index is 13.1. The van der Waals surface area contributed by atoms with Crippen LogP contribution in [0.5, 0.6) is 0 Å². The van der Waals surface area contributed by atoms with Crippen LogP contribution < -0.4 is 11.1 Å². The smallest absolute Gasteiger partial charge is 0.410 e. The Hall–Kier alpha value is -3.86. The molecule has 2 aromatic rings. The van der Waals surface area contributed by atoms with E-state index in [9.17, 15) is 9.59 Å². The first kappa shape index (κ1) is 31.6. The maximum Gasteiger partial charge on any atom is 0.410 e. The van der Waals surface area contributed by atoms with Gasteiger partial charge in [0.05, 0.1) is 23.5 Å². The van der Waals surface area contributed by atoms with Crippen molar-refractivity contribution in [3.63, 3.8) is 0 Å². The van der Waals surface area contributed by atoms with Gasteiger partial charge in [0, 0.05) is 57.3 Å². The lowest BCUT2D eigenvalue weighted by Crippen LogP contribution is -2.50. The number of aromatic nitrogens is 1. The van der Waals surface area contributed by atoms with Gasteiger partial charge < -0.3 is 30.3 Å². The molecule has 11 heteroatoms. The number of piperazine rings is 1. The minimum Gasteiger partial charge on any atom is -0.443 e. The predicted octanol–water partition coefficient (Wildman–Crippen LogP) is 4.38. The molecule has 2 aliphatic carbocycles. The van der Waals surface area contributed by atoms with E-state index < -0.39 is 6.04 Å². The molecule has 10 nitrogen and oxygen atoms in total. The molecule has 3 N–H and O–H groups in total. The molecule has 0 unspecified atom stereocenters. The van der Waals surface area contributed by atoms with E-state index in [0.29, 0.717) is 43.5 Å². The third-order valence-electron chi connectivity index (χ3n) is 8.49.